The van der Waals surface area contributed by atoms with Crippen LogP contribution in [-0.4, -0.2) is 32.8 Å². The summed E-state index contributed by atoms with van der Waals surface area (Å²) >= 11 is 0. The summed E-state index contributed by atoms with van der Waals surface area (Å²) in [5, 5.41) is 15.3. The maximum Gasteiger partial charge on any atom is 0.290 e. The minimum atomic E-state index is -0.391. The molecule has 3 rings (SSSR count). The smallest absolute Gasteiger partial charge is 0.290 e. The second-order valence-electron chi connectivity index (χ2n) is 5.83. The zero-order chi connectivity index (χ0) is 15.7. The lowest BCUT2D eigenvalue weighted by atomic mass is 10.1. The van der Waals surface area contributed by atoms with Crippen molar-refractivity contribution in [2.24, 2.45) is 0 Å². The average molecular weight is 301 g/mol. The Balaban J connectivity index is 1.80. The zero-order valence-electron chi connectivity index (χ0n) is 12.8. The molecule has 7 nitrogen and oxygen atoms in total. The SMILES string of the molecule is Cc1cnn(C2CCCN(c3cc(C)c([N+](=O)[O-])cn3)C2)c1. The molecule has 0 amide bonds. The molecule has 2 aromatic rings. The minimum absolute atomic E-state index is 0.0695. The number of hydrogen-bond donors (Lipinski definition) is 0. The Morgan fingerprint density at radius 2 is 2.18 bits per heavy atom. The largest absolute Gasteiger partial charge is 0.354 e. The van der Waals surface area contributed by atoms with Gasteiger partial charge in [-0.15, -0.1) is 0 Å². The van der Waals surface area contributed by atoms with E-state index >= 15 is 0 Å². The number of aryl methyl sites for hydroxylation is 2. The van der Waals surface area contributed by atoms with E-state index in [2.05, 4.69) is 21.2 Å². The van der Waals surface area contributed by atoms with E-state index in [0.29, 0.717) is 11.6 Å². The summed E-state index contributed by atoms with van der Waals surface area (Å²) in [6.45, 7) is 5.53. The molecule has 116 valence electrons. The average Bonchev–Trinajstić information content (AvgIpc) is 2.93. The highest BCUT2D eigenvalue weighted by molar-refractivity contribution is 5.49. The third kappa shape index (κ3) is 2.79. The summed E-state index contributed by atoms with van der Waals surface area (Å²) in [4.78, 5) is 17.0. The quantitative estimate of drug-likeness (QED) is 0.643. The molecule has 0 aromatic carbocycles. The molecule has 1 unspecified atom stereocenters. The van der Waals surface area contributed by atoms with Crippen molar-refractivity contribution in [3.63, 3.8) is 0 Å². The molecule has 0 aliphatic carbocycles. The van der Waals surface area contributed by atoms with Crippen molar-refractivity contribution in [3.8, 4) is 0 Å². The number of aromatic nitrogens is 3. The van der Waals surface area contributed by atoms with E-state index in [9.17, 15) is 10.1 Å². The second kappa shape index (κ2) is 5.75. The molecular formula is C15H19N5O2. The molecule has 1 aliphatic rings. The number of nitro groups is 1. The van der Waals surface area contributed by atoms with Gasteiger partial charge < -0.3 is 4.90 Å². The van der Waals surface area contributed by atoms with Crippen LogP contribution in [0.15, 0.2) is 24.7 Å². The second-order valence-corrected chi connectivity index (χ2v) is 5.83. The van der Waals surface area contributed by atoms with Gasteiger partial charge in [0.1, 0.15) is 12.0 Å². The molecule has 0 radical (unpaired) electrons. The monoisotopic (exact) mass is 301 g/mol. The van der Waals surface area contributed by atoms with Crippen LogP contribution < -0.4 is 4.90 Å². The predicted molar refractivity (Wildman–Crippen MR) is 83.1 cm³/mol. The van der Waals surface area contributed by atoms with Crippen LogP contribution in [0.5, 0.6) is 0 Å². The Bertz CT molecular complexity index is 697. The molecule has 1 saturated heterocycles. The zero-order valence-corrected chi connectivity index (χ0v) is 12.8. The highest BCUT2D eigenvalue weighted by atomic mass is 16.6. The molecule has 2 aromatic heterocycles. The van der Waals surface area contributed by atoms with Crippen LogP contribution in [0.3, 0.4) is 0 Å². The van der Waals surface area contributed by atoms with Crippen molar-refractivity contribution in [1.82, 2.24) is 14.8 Å². The van der Waals surface area contributed by atoms with Crippen molar-refractivity contribution in [1.29, 1.82) is 0 Å². The van der Waals surface area contributed by atoms with E-state index in [1.165, 1.54) is 6.20 Å². The lowest BCUT2D eigenvalue weighted by Gasteiger charge is -2.33. The van der Waals surface area contributed by atoms with Crippen molar-refractivity contribution in [2.45, 2.75) is 32.7 Å². The molecule has 0 bridgehead atoms. The first-order chi connectivity index (χ1) is 10.5. The molecule has 0 saturated carbocycles. The van der Waals surface area contributed by atoms with Gasteiger partial charge in [-0.1, -0.05) is 0 Å². The van der Waals surface area contributed by atoms with Crippen LogP contribution in [0.1, 0.15) is 30.0 Å². The van der Waals surface area contributed by atoms with E-state index in [-0.39, 0.29) is 5.69 Å². The molecule has 1 aliphatic heterocycles. The van der Waals surface area contributed by atoms with Crippen LogP contribution in [0.25, 0.3) is 0 Å². The number of rotatable bonds is 3. The van der Waals surface area contributed by atoms with Gasteiger partial charge in [-0.3, -0.25) is 14.8 Å². The number of nitrogens with zero attached hydrogens (tertiary/aromatic N) is 5. The fourth-order valence-electron chi connectivity index (χ4n) is 2.91. The molecule has 1 fully saturated rings. The Morgan fingerprint density at radius 1 is 1.36 bits per heavy atom. The van der Waals surface area contributed by atoms with Gasteiger partial charge in [0.05, 0.1) is 17.2 Å². The van der Waals surface area contributed by atoms with E-state index in [1.54, 1.807) is 13.0 Å². The van der Waals surface area contributed by atoms with Crippen molar-refractivity contribution < 1.29 is 4.92 Å². The van der Waals surface area contributed by atoms with Crippen LogP contribution in [-0.2, 0) is 0 Å². The Labute approximate surface area is 128 Å². The van der Waals surface area contributed by atoms with Gasteiger partial charge in [-0.25, -0.2) is 4.98 Å². The van der Waals surface area contributed by atoms with Crippen LogP contribution in [0, 0.1) is 24.0 Å². The maximum atomic E-state index is 10.9. The summed E-state index contributed by atoms with van der Waals surface area (Å²) in [5.74, 6) is 0.802. The topological polar surface area (TPSA) is 77.1 Å². The van der Waals surface area contributed by atoms with Crippen LogP contribution in [0.2, 0.25) is 0 Å². The molecule has 0 spiro atoms. The summed E-state index contributed by atoms with van der Waals surface area (Å²) in [5.41, 5.74) is 1.87. The van der Waals surface area contributed by atoms with Gasteiger partial charge in [-0.05, 0) is 38.3 Å². The van der Waals surface area contributed by atoms with E-state index in [0.717, 1.165) is 37.3 Å². The molecule has 0 N–H and O–H groups in total. The first kappa shape index (κ1) is 14.5. The van der Waals surface area contributed by atoms with Gasteiger partial charge in [0.25, 0.3) is 5.69 Å². The van der Waals surface area contributed by atoms with Crippen molar-refractivity contribution in [3.05, 3.63) is 45.9 Å². The number of pyridine rings is 1. The summed E-state index contributed by atoms with van der Waals surface area (Å²) in [6, 6.07) is 2.12. The first-order valence-electron chi connectivity index (χ1n) is 7.41. The van der Waals surface area contributed by atoms with E-state index in [1.807, 2.05) is 17.8 Å². The lowest BCUT2D eigenvalue weighted by molar-refractivity contribution is -0.385. The fourth-order valence-corrected chi connectivity index (χ4v) is 2.91. The summed E-state index contributed by atoms with van der Waals surface area (Å²) in [6.07, 6.45) is 7.42. The number of hydrogen-bond acceptors (Lipinski definition) is 5. The predicted octanol–water partition coefficient (Wildman–Crippen LogP) is 2.64. The third-order valence-electron chi connectivity index (χ3n) is 4.09. The number of piperidine rings is 1. The van der Waals surface area contributed by atoms with Gasteiger partial charge in [-0.2, -0.15) is 5.10 Å². The summed E-state index contributed by atoms with van der Waals surface area (Å²) < 4.78 is 2.01. The van der Waals surface area contributed by atoms with Crippen molar-refractivity contribution >= 4 is 11.5 Å². The van der Waals surface area contributed by atoms with E-state index in [4.69, 9.17) is 0 Å². The number of anilines is 1. The van der Waals surface area contributed by atoms with Gasteiger partial charge >= 0.3 is 0 Å². The highest BCUT2D eigenvalue weighted by Gasteiger charge is 2.24. The Kier molecular flexibility index (Phi) is 3.79. The van der Waals surface area contributed by atoms with Crippen molar-refractivity contribution in [2.75, 3.05) is 18.0 Å². The lowest BCUT2D eigenvalue weighted by Crippen LogP contribution is -2.37. The minimum Gasteiger partial charge on any atom is -0.354 e. The van der Waals surface area contributed by atoms with Gasteiger partial charge in [0.15, 0.2) is 0 Å². The Hall–Kier alpha value is -2.44. The summed E-state index contributed by atoms with van der Waals surface area (Å²) in [7, 11) is 0. The van der Waals surface area contributed by atoms with Crippen LogP contribution in [0.4, 0.5) is 11.5 Å². The molecule has 3 heterocycles. The normalized spacial score (nSPS) is 18.5. The molecule has 1 atom stereocenters. The molecule has 22 heavy (non-hydrogen) atoms. The highest BCUT2D eigenvalue weighted by Crippen LogP contribution is 2.27. The van der Waals surface area contributed by atoms with E-state index < -0.39 is 4.92 Å². The Morgan fingerprint density at radius 3 is 2.82 bits per heavy atom. The van der Waals surface area contributed by atoms with Crippen LogP contribution >= 0.6 is 0 Å². The van der Waals surface area contributed by atoms with Gasteiger partial charge in [0, 0.05) is 24.8 Å². The maximum absolute atomic E-state index is 10.9. The molecule has 7 heteroatoms. The standard InChI is InChI=1S/C15H19N5O2/c1-11-7-17-19(9-11)13-4-3-5-18(10-13)15-6-12(2)14(8-16-15)20(21)22/h6-9,13H,3-5,10H2,1-2H3. The first-order valence-corrected chi connectivity index (χ1v) is 7.41. The third-order valence-corrected chi connectivity index (χ3v) is 4.09. The fraction of sp³-hybridized carbons (Fsp3) is 0.467. The van der Waals surface area contributed by atoms with Gasteiger partial charge in [0.2, 0.25) is 0 Å². The molecular weight excluding hydrogens is 282 g/mol.